The Hall–Kier alpha value is -1.21. The molecule has 3 N–H and O–H groups in total. The second kappa shape index (κ2) is 6.10. The predicted molar refractivity (Wildman–Crippen MR) is 55.3 cm³/mol. The van der Waals surface area contributed by atoms with Crippen molar-refractivity contribution in [3.05, 3.63) is 48.0 Å². The first kappa shape index (κ1) is 14.8. The van der Waals surface area contributed by atoms with E-state index in [1.807, 2.05) is 0 Å². The summed E-state index contributed by atoms with van der Waals surface area (Å²) in [5.74, 6) is 0. The molecule has 98 valence electrons. The molecule has 2 aromatic rings. The van der Waals surface area contributed by atoms with E-state index >= 15 is 0 Å². The van der Waals surface area contributed by atoms with Crippen molar-refractivity contribution < 1.29 is 34.6 Å². The van der Waals surface area contributed by atoms with Gasteiger partial charge in [0.15, 0.2) is 0 Å². The number of benzene rings is 2. The van der Waals surface area contributed by atoms with Crippen molar-refractivity contribution in [2.45, 2.75) is 13.0 Å². The molecule has 0 fully saturated rings. The molecule has 0 amide bonds. The van der Waals surface area contributed by atoms with E-state index < -0.39 is 10.2 Å². The maximum Gasteiger partial charge on any atom is 0.108 e. The van der Waals surface area contributed by atoms with Crippen LogP contribution in [0.15, 0.2) is 42.5 Å². The molecule has 0 aromatic heterocycles. The van der Waals surface area contributed by atoms with E-state index in [1.54, 1.807) is 0 Å². The minimum absolute atomic E-state index is 0.353. The third-order valence-corrected chi connectivity index (χ3v) is 2.35. The minimum Gasteiger partial charge on any atom is -0.352 e. The van der Waals surface area contributed by atoms with Gasteiger partial charge in [0.25, 0.3) is 0 Å². The van der Waals surface area contributed by atoms with Gasteiger partial charge < -0.3 is 5.73 Å². The molecular weight excluding hydrogens is 258 g/mol. The average molecular weight is 272 g/mol. The Labute approximate surface area is 107 Å². The first-order valence-corrected chi connectivity index (χ1v) is 6.45. The smallest absolute Gasteiger partial charge is 0.108 e. The van der Waals surface area contributed by atoms with Crippen LogP contribution >= 0.6 is 0 Å². The summed E-state index contributed by atoms with van der Waals surface area (Å²) < 4.78 is 34.0. The third-order valence-electron chi connectivity index (χ3n) is 2.35. The Morgan fingerprint density at radius 2 is 1.44 bits per heavy atom. The highest BCUT2D eigenvalue weighted by atomic mass is 35.7. The first-order valence-electron chi connectivity index (χ1n) is 5.21. The second-order valence-electron chi connectivity index (χ2n) is 3.85. The molecule has 0 saturated heterocycles. The monoisotopic (exact) mass is 271 g/mol. The largest absolute Gasteiger partial charge is 0.352 e. The van der Waals surface area contributed by atoms with E-state index in [-0.39, 0.29) is 0 Å². The van der Waals surface area contributed by atoms with Crippen LogP contribution < -0.4 is 24.4 Å². The van der Waals surface area contributed by atoms with Gasteiger partial charge >= 0.3 is 0 Å². The van der Waals surface area contributed by atoms with E-state index in [4.69, 9.17) is 18.6 Å². The fraction of sp³-hybridized carbons (Fsp3) is 0.167. The predicted octanol–water partition coefficient (Wildman–Crippen LogP) is -2.61. The lowest BCUT2D eigenvalue weighted by atomic mass is 10.0. The van der Waals surface area contributed by atoms with Gasteiger partial charge in [-0.3, -0.25) is 0 Å². The van der Waals surface area contributed by atoms with Crippen molar-refractivity contribution in [1.29, 1.82) is 0 Å². The molecule has 6 heteroatoms. The van der Waals surface area contributed by atoms with Crippen LogP contribution in [0.3, 0.4) is 0 Å². The van der Waals surface area contributed by atoms with E-state index in [1.165, 1.54) is 16.3 Å². The molecule has 0 bridgehead atoms. The third kappa shape index (κ3) is 4.97. The Kier molecular flexibility index (Phi) is 5.03. The fourth-order valence-electron chi connectivity index (χ4n) is 1.68. The van der Waals surface area contributed by atoms with Gasteiger partial charge in [-0.1, -0.05) is 42.5 Å². The molecule has 0 aliphatic heterocycles. The van der Waals surface area contributed by atoms with Crippen LogP contribution in [-0.2, 0) is 0 Å². The highest BCUT2D eigenvalue weighted by molar-refractivity contribution is 5.85. The molecular formula is C12H14ClNO4. The highest BCUT2D eigenvalue weighted by Gasteiger charge is 2.05. The van der Waals surface area contributed by atoms with Crippen LogP contribution in [0.5, 0.6) is 0 Å². The van der Waals surface area contributed by atoms with Crippen LogP contribution in [-0.4, -0.2) is 0 Å². The van der Waals surface area contributed by atoms with Gasteiger partial charge in [-0.2, -0.15) is 0 Å². The normalized spacial score (nSPS) is 12.8. The summed E-state index contributed by atoms with van der Waals surface area (Å²) in [6.07, 6.45) is 0. The van der Waals surface area contributed by atoms with Crippen LogP contribution in [0.4, 0.5) is 0 Å². The zero-order chi connectivity index (χ0) is 13.8. The number of hydrogen-bond donors (Lipinski definition) is 1. The zero-order valence-electron chi connectivity index (χ0n) is 9.84. The Morgan fingerprint density at radius 1 is 0.944 bits per heavy atom. The number of quaternary nitrogens is 1. The molecule has 2 aromatic carbocycles. The maximum atomic E-state index is 8.49. The van der Waals surface area contributed by atoms with Gasteiger partial charge in [-0.05, 0) is 17.7 Å². The SMILES string of the molecule is C[C@H]([NH3+])c1cccc2ccccc12.[O-][Cl+3]([O-])([O-])[O-]. The summed E-state index contributed by atoms with van der Waals surface area (Å²) >= 11 is 0. The van der Waals surface area contributed by atoms with Crippen LogP contribution in [0.1, 0.15) is 18.5 Å². The molecule has 0 spiro atoms. The molecule has 0 heterocycles. The second-order valence-corrected chi connectivity index (χ2v) is 4.60. The minimum atomic E-state index is -4.94. The number of rotatable bonds is 1. The fourth-order valence-corrected chi connectivity index (χ4v) is 1.68. The maximum absolute atomic E-state index is 8.49. The van der Waals surface area contributed by atoms with Gasteiger partial charge in [0, 0.05) is 5.56 Å². The molecule has 2 rings (SSSR count). The molecule has 0 saturated carbocycles. The van der Waals surface area contributed by atoms with E-state index in [0.29, 0.717) is 6.04 Å². The zero-order valence-corrected chi connectivity index (χ0v) is 10.6. The van der Waals surface area contributed by atoms with E-state index in [0.717, 1.165) is 0 Å². The van der Waals surface area contributed by atoms with E-state index in [9.17, 15) is 0 Å². The lowest BCUT2D eigenvalue weighted by Crippen LogP contribution is -2.68. The molecule has 1 atom stereocenters. The molecule has 0 radical (unpaired) electrons. The first-order chi connectivity index (χ1) is 8.29. The summed E-state index contributed by atoms with van der Waals surface area (Å²) in [4.78, 5) is 0. The quantitative estimate of drug-likeness (QED) is 0.611. The Morgan fingerprint density at radius 3 is 2.00 bits per heavy atom. The Balaban J connectivity index is 0.000000280. The van der Waals surface area contributed by atoms with E-state index in [2.05, 4.69) is 55.1 Å². The number of fused-ring (bicyclic) bond motifs is 1. The van der Waals surface area contributed by atoms with Crippen molar-refractivity contribution in [3.63, 3.8) is 0 Å². The van der Waals surface area contributed by atoms with Crippen molar-refractivity contribution in [2.75, 3.05) is 0 Å². The molecule has 5 nitrogen and oxygen atoms in total. The lowest BCUT2D eigenvalue weighted by molar-refractivity contribution is -2.00. The standard InChI is InChI=1S/C12H13N.ClHO4/c1-9(13)11-8-4-6-10-5-2-3-7-12(10)11;2-1(3,4)5/h2-9H,13H2,1H3;(H,2,3,4,5)/t9-;/m0./s1. The van der Waals surface area contributed by atoms with Gasteiger partial charge in [0.2, 0.25) is 0 Å². The summed E-state index contributed by atoms with van der Waals surface area (Å²) in [6, 6.07) is 15.2. The van der Waals surface area contributed by atoms with Gasteiger partial charge in [0.1, 0.15) is 6.04 Å². The van der Waals surface area contributed by atoms with Crippen LogP contribution in [0.2, 0.25) is 0 Å². The van der Waals surface area contributed by atoms with Gasteiger partial charge in [-0.25, -0.2) is 18.6 Å². The number of halogens is 1. The lowest BCUT2D eigenvalue weighted by Gasteiger charge is -2.17. The van der Waals surface area contributed by atoms with Gasteiger partial charge in [-0.15, -0.1) is 10.2 Å². The average Bonchev–Trinajstić information content (AvgIpc) is 2.26. The number of hydrogen-bond acceptors (Lipinski definition) is 4. The van der Waals surface area contributed by atoms with Crippen molar-refractivity contribution in [3.8, 4) is 0 Å². The van der Waals surface area contributed by atoms with Crippen molar-refractivity contribution in [1.82, 2.24) is 0 Å². The summed E-state index contributed by atoms with van der Waals surface area (Å²) in [6.45, 7) is 2.13. The summed E-state index contributed by atoms with van der Waals surface area (Å²) in [7, 11) is -4.94. The summed E-state index contributed by atoms with van der Waals surface area (Å²) in [5.41, 5.74) is 5.39. The van der Waals surface area contributed by atoms with Crippen molar-refractivity contribution in [2.24, 2.45) is 0 Å². The topological polar surface area (TPSA) is 120 Å². The highest BCUT2D eigenvalue weighted by Crippen LogP contribution is 2.21. The summed E-state index contributed by atoms with van der Waals surface area (Å²) in [5, 5.41) is 2.63. The van der Waals surface area contributed by atoms with Crippen molar-refractivity contribution >= 4 is 10.8 Å². The molecule has 0 aliphatic rings. The van der Waals surface area contributed by atoms with Crippen LogP contribution in [0, 0.1) is 10.2 Å². The van der Waals surface area contributed by atoms with Gasteiger partial charge in [0.05, 0.1) is 0 Å². The molecule has 0 aliphatic carbocycles. The molecule has 18 heavy (non-hydrogen) atoms. The molecule has 0 unspecified atom stereocenters. The Bertz CT molecular complexity index is 499. The van der Waals surface area contributed by atoms with Crippen LogP contribution in [0.25, 0.3) is 10.8 Å².